The van der Waals surface area contributed by atoms with Crippen LogP contribution in [-0.2, 0) is 11.2 Å². The van der Waals surface area contributed by atoms with Crippen LogP contribution in [0.4, 0.5) is 4.39 Å². The number of carbonyl (C=O) groups excluding carboxylic acids is 1. The van der Waals surface area contributed by atoms with Crippen molar-refractivity contribution in [3.8, 4) is 0 Å². The molecule has 0 unspecified atom stereocenters. The van der Waals surface area contributed by atoms with Gasteiger partial charge in [-0.05, 0) is 17.7 Å². The zero-order valence-electron chi connectivity index (χ0n) is 7.79. The minimum Gasteiger partial charge on any atom is -0.315 e. The summed E-state index contributed by atoms with van der Waals surface area (Å²) in [5.74, 6) is 0.0645. The Bertz CT molecular complexity index is 347. The molecule has 1 aliphatic rings. The lowest BCUT2D eigenvalue weighted by Gasteiger charge is -2.25. The molecule has 0 aromatic heterocycles. The van der Waals surface area contributed by atoms with Gasteiger partial charge in [0.15, 0.2) is 0 Å². The molecule has 0 spiro atoms. The highest BCUT2D eigenvalue weighted by Crippen LogP contribution is 2.11. The fourth-order valence-electron chi connectivity index (χ4n) is 1.51. The Kier molecular flexibility index (Phi) is 2.59. The standard InChI is InChI=1S/C11H12FNO/c12-10-3-1-2-8(4-10)5-11(14)9-6-13-7-9/h1-4,9,13H,5-7H2. The Labute approximate surface area is 82.1 Å². The highest BCUT2D eigenvalue weighted by molar-refractivity contribution is 5.84. The first kappa shape index (κ1) is 9.34. The van der Waals surface area contributed by atoms with Crippen molar-refractivity contribution in [1.29, 1.82) is 0 Å². The number of nitrogens with one attached hydrogen (secondary N) is 1. The number of halogens is 1. The van der Waals surface area contributed by atoms with Crippen molar-refractivity contribution in [1.82, 2.24) is 5.32 Å². The molecule has 1 aromatic rings. The van der Waals surface area contributed by atoms with Crippen LogP contribution in [0.5, 0.6) is 0 Å². The fourth-order valence-corrected chi connectivity index (χ4v) is 1.51. The van der Waals surface area contributed by atoms with Crippen LogP contribution >= 0.6 is 0 Å². The topological polar surface area (TPSA) is 29.1 Å². The Morgan fingerprint density at radius 2 is 2.29 bits per heavy atom. The summed E-state index contributed by atoms with van der Waals surface area (Å²) in [5.41, 5.74) is 0.766. The lowest BCUT2D eigenvalue weighted by atomic mass is 9.93. The molecule has 1 N–H and O–H groups in total. The molecule has 14 heavy (non-hydrogen) atoms. The predicted octanol–water partition coefficient (Wildman–Crippen LogP) is 1.16. The van der Waals surface area contributed by atoms with Crippen LogP contribution in [0.15, 0.2) is 24.3 Å². The zero-order valence-corrected chi connectivity index (χ0v) is 7.79. The lowest BCUT2D eigenvalue weighted by Crippen LogP contribution is -2.47. The molecule has 1 heterocycles. The summed E-state index contributed by atoms with van der Waals surface area (Å²) < 4.78 is 12.8. The first-order valence-electron chi connectivity index (χ1n) is 4.73. The summed E-state index contributed by atoms with van der Waals surface area (Å²) in [6, 6.07) is 6.23. The number of hydrogen-bond acceptors (Lipinski definition) is 2. The summed E-state index contributed by atoms with van der Waals surface area (Å²) in [5, 5.41) is 3.04. The highest BCUT2D eigenvalue weighted by Gasteiger charge is 2.24. The van der Waals surface area contributed by atoms with Crippen molar-refractivity contribution >= 4 is 5.78 Å². The maximum absolute atomic E-state index is 12.8. The average molecular weight is 193 g/mol. The Morgan fingerprint density at radius 3 is 2.86 bits per heavy atom. The minimum absolute atomic E-state index is 0.137. The smallest absolute Gasteiger partial charge is 0.142 e. The molecule has 0 saturated carbocycles. The fraction of sp³-hybridized carbons (Fsp3) is 0.364. The SMILES string of the molecule is O=C(Cc1cccc(F)c1)C1CNC1. The van der Waals surface area contributed by atoms with Crippen LogP contribution in [0.1, 0.15) is 5.56 Å². The van der Waals surface area contributed by atoms with Gasteiger partial charge in [-0.3, -0.25) is 4.79 Å². The molecule has 1 fully saturated rings. The van der Waals surface area contributed by atoms with Gasteiger partial charge >= 0.3 is 0 Å². The van der Waals surface area contributed by atoms with Crippen LogP contribution in [0.25, 0.3) is 0 Å². The van der Waals surface area contributed by atoms with Crippen molar-refractivity contribution in [2.45, 2.75) is 6.42 Å². The molecular weight excluding hydrogens is 181 g/mol. The van der Waals surface area contributed by atoms with Crippen molar-refractivity contribution < 1.29 is 9.18 Å². The quantitative estimate of drug-likeness (QED) is 0.780. The molecule has 0 aliphatic carbocycles. The molecule has 1 saturated heterocycles. The summed E-state index contributed by atoms with van der Waals surface area (Å²) in [6.45, 7) is 1.54. The zero-order chi connectivity index (χ0) is 9.97. The van der Waals surface area contributed by atoms with E-state index in [9.17, 15) is 9.18 Å². The second-order valence-electron chi connectivity index (χ2n) is 3.63. The molecule has 1 aliphatic heterocycles. The van der Waals surface area contributed by atoms with Crippen molar-refractivity contribution in [2.75, 3.05) is 13.1 Å². The molecule has 1 aromatic carbocycles. The molecule has 0 radical (unpaired) electrons. The van der Waals surface area contributed by atoms with E-state index in [4.69, 9.17) is 0 Å². The molecule has 0 atom stereocenters. The number of rotatable bonds is 3. The summed E-state index contributed by atoms with van der Waals surface area (Å²) in [4.78, 5) is 11.5. The molecular formula is C11H12FNO. The third kappa shape index (κ3) is 1.99. The molecule has 3 heteroatoms. The van der Waals surface area contributed by atoms with Crippen molar-refractivity contribution in [3.05, 3.63) is 35.6 Å². The van der Waals surface area contributed by atoms with E-state index in [-0.39, 0.29) is 17.5 Å². The average Bonchev–Trinajstić information content (AvgIpc) is 1.99. The van der Waals surface area contributed by atoms with Crippen molar-refractivity contribution in [3.63, 3.8) is 0 Å². The molecule has 2 rings (SSSR count). The van der Waals surface area contributed by atoms with Crippen LogP contribution < -0.4 is 5.32 Å². The molecule has 0 bridgehead atoms. The van der Waals surface area contributed by atoms with Crippen LogP contribution in [-0.4, -0.2) is 18.9 Å². The largest absolute Gasteiger partial charge is 0.315 e. The maximum Gasteiger partial charge on any atom is 0.142 e. The van der Waals surface area contributed by atoms with E-state index in [0.717, 1.165) is 18.7 Å². The van der Waals surface area contributed by atoms with Gasteiger partial charge in [-0.2, -0.15) is 0 Å². The Balaban J connectivity index is 1.99. The van der Waals surface area contributed by atoms with Crippen molar-refractivity contribution in [2.24, 2.45) is 5.92 Å². The predicted molar refractivity (Wildman–Crippen MR) is 51.5 cm³/mol. The van der Waals surface area contributed by atoms with E-state index >= 15 is 0 Å². The van der Waals surface area contributed by atoms with Gasteiger partial charge in [0.1, 0.15) is 11.6 Å². The van der Waals surface area contributed by atoms with Gasteiger partial charge in [-0.15, -0.1) is 0 Å². The van der Waals surface area contributed by atoms with Gasteiger partial charge in [-0.1, -0.05) is 12.1 Å². The summed E-state index contributed by atoms with van der Waals surface area (Å²) in [6.07, 6.45) is 0.351. The monoisotopic (exact) mass is 193 g/mol. The normalized spacial score (nSPS) is 16.4. The van der Waals surface area contributed by atoms with E-state index in [1.807, 2.05) is 0 Å². The van der Waals surface area contributed by atoms with Crippen LogP contribution in [0.2, 0.25) is 0 Å². The second kappa shape index (κ2) is 3.88. The number of hydrogen-bond donors (Lipinski definition) is 1. The number of ketones is 1. The first-order valence-corrected chi connectivity index (χ1v) is 4.73. The van der Waals surface area contributed by atoms with Gasteiger partial charge < -0.3 is 5.32 Å². The molecule has 74 valence electrons. The Hall–Kier alpha value is -1.22. The number of carbonyl (C=O) groups is 1. The summed E-state index contributed by atoms with van der Waals surface area (Å²) >= 11 is 0. The van der Waals surface area contributed by atoms with Gasteiger partial charge in [0.2, 0.25) is 0 Å². The minimum atomic E-state index is -0.276. The number of benzene rings is 1. The van der Waals surface area contributed by atoms with E-state index in [1.165, 1.54) is 12.1 Å². The Morgan fingerprint density at radius 1 is 1.50 bits per heavy atom. The first-order chi connectivity index (χ1) is 6.75. The molecule has 2 nitrogen and oxygen atoms in total. The highest BCUT2D eigenvalue weighted by atomic mass is 19.1. The van der Waals surface area contributed by atoms with E-state index in [1.54, 1.807) is 12.1 Å². The number of Topliss-reactive ketones (excluding diaryl/α,β-unsaturated/α-hetero) is 1. The molecule has 0 amide bonds. The van der Waals surface area contributed by atoms with Gasteiger partial charge in [-0.25, -0.2) is 4.39 Å². The van der Waals surface area contributed by atoms with E-state index in [2.05, 4.69) is 5.32 Å². The van der Waals surface area contributed by atoms with Crippen LogP contribution in [0.3, 0.4) is 0 Å². The summed E-state index contributed by atoms with van der Waals surface area (Å²) in [7, 11) is 0. The van der Waals surface area contributed by atoms with E-state index in [0.29, 0.717) is 6.42 Å². The maximum atomic E-state index is 12.8. The van der Waals surface area contributed by atoms with Gasteiger partial charge in [0.05, 0.1) is 0 Å². The lowest BCUT2D eigenvalue weighted by molar-refractivity contribution is -0.123. The van der Waals surface area contributed by atoms with E-state index < -0.39 is 0 Å². The van der Waals surface area contributed by atoms with Gasteiger partial charge in [0, 0.05) is 25.4 Å². The van der Waals surface area contributed by atoms with Crippen LogP contribution in [0, 0.1) is 11.7 Å². The van der Waals surface area contributed by atoms with Gasteiger partial charge in [0.25, 0.3) is 0 Å². The third-order valence-corrected chi connectivity index (χ3v) is 2.50. The second-order valence-corrected chi connectivity index (χ2v) is 3.63. The third-order valence-electron chi connectivity index (χ3n) is 2.50.